The Labute approximate surface area is 164 Å². The van der Waals surface area contributed by atoms with Crippen molar-refractivity contribution in [2.75, 3.05) is 13.7 Å². The topological polar surface area (TPSA) is 49.8 Å². The molecular formula is C23H37NO3. The molecule has 3 aliphatic carbocycles. The largest absolute Gasteiger partial charge is 0.469 e. The molecule has 152 valence electrons. The molecule has 0 aromatic rings. The van der Waals surface area contributed by atoms with Gasteiger partial charge in [0.15, 0.2) is 0 Å². The highest BCUT2D eigenvalue weighted by Gasteiger charge is 2.78. The van der Waals surface area contributed by atoms with E-state index in [1.165, 1.54) is 32.8 Å². The van der Waals surface area contributed by atoms with Crippen molar-refractivity contribution in [3.63, 3.8) is 0 Å². The number of esters is 1. The van der Waals surface area contributed by atoms with Crippen molar-refractivity contribution in [3.8, 4) is 0 Å². The number of nitrogens with zero attached hydrogens (tertiary/aromatic N) is 1. The van der Waals surface area contributed by atoms with E-state index in [9.17, 15) is 9.90 Å². The van der Waals surface area contributed by atoms with Gasteiger partial charge in [-0.15, -0.1) is 0 Å². The standard InChI is InChI=1S/C23H37NO3/c1-14(2)16-7-10-21(3)15-12-18-17-6-5-9-23(18,26)24(13-15)20(16)22(17,21)11-8-19(25)27-4/h14-18,20,26H,5-13H2,1-4H3/t15-,16+,17-,18+,20-,21-,22-,23+/m0/s1. The number of piperidine rings is 3. The molecule has 0 aromatic carbocycles. The molecule has 0 amide bonds. The van der Waals surface area contributed by atoms with Crippen LogP contribution in [0.25, 0.3) is 0 Å². The number of rotatable bonds is 4. The molecule has 4 nitrogen and oxygen atoms in total. The fraction of sp³-hybridized carbons (Fsp3) is 0.957. The smallest absolute Gasteiger partial charge is 0.305 e. The first-order chi connectivity index (χ1) is 12.8. The molecular weight excluding hydrogens is 338 g/mol. The number of ether oxygens (including phenoxy) is 1. The molecule has 3 saturated heterocycles. The molecule has 1 unspecified atom stereocenters. The molecule has 3 saturated carbocycles. The van der Waals surface area contributed by atoms with E-state index in [1.807, 2.05) is 0 Å². The summed E-state index contributed by atoms with van der Waals surface area (Å²) in [4.78, 5) is 14.8. The van der Waals surface area contributed by atoms with Crippen molar-refractivity contribution in [1.82, 2.24) is 4.90 Å². The number of aliphatic hydroxyl groups is 1. The molecule has 3 aliphatic heterocycles. The van der Waals surface area contributed by atoms with Gasteiger partial charge in [0.2, 0.25) is 0 Å². The van der Waals surface area contributed by atoms with Gasteiger partial charge < -0.3 is 9.84 Å². The van der Waals surface area contributed by atoms with Gasteiger partial charge in [0.25, 0.3) is 0 Å². The lowest BCUT2D eigenvalue weighted by molar-refractivity contribution is -0.388. The molecule has 8 bridgehead atoms. The number of hydrogen-bond acceptors (Lipinski definition) is 4. The van der Waals surface area contributed by atoms with Crippen LogP contribution in [-0.2, 0) is 9.53 Å². The van der Waals surface area contributed by atoms with E-state index in [2.05, 4.69) is 25.7 Å². The van der Waals surface area contributed by atoms with Crippen molar-refractivity contribution in [3.05, 3.63) is 0 Å². The second-order valence-electron chi connectivity index (χ2n) is 11.0. The lowest BCUT2D eigenvalue weighted by atomic mass is 9.31. The Balaban J connectivity index is 1.67. The van der Waals surface area contributed by atoms with Gasteiger partial charge in [-0.1, -0.05) is 20.8 Å². The zero-order chi connectivity index (χ0) is 19.2. The molecule has 1 N–H and O–H groups in total. The van der Waals surface area contributed by atoms with Crippen LogP contribution in [0.15, 0.2) is 0 Å². The molecule has 6 rings (SSSR count). The highest BCUT2D eigenvalue weighted by atomic mass is 16.5. The Hall–Kier alpha value is -0.610. The van der Waals surface area contributed by atoms with E-state index < -0.39 is 5.72 Å². The summed E-state index contributed by atoms with van der Waals surface area (Å²) < 4.78 is 5.06. The molecule has 0 aromatic heterocycles. The van der Waals surface area contributed by atoms with E-state index in [0.29, 0.717) is 47.5 Å². The summed E-state index contributed by atoms with van der Waals surface area (Å²) in [7, 11) is 1.52. The fourth-order valence-electron chi connectivity index (χ4n) is 9.25. The van der Waals surface area contributed by atoms with Gasteiger partial charge in [-0.3, -0.25) is 9.69 Å². The number of hydrogen-bond donors (Lipinski definition) is 1. The summed E-state index contributed by atoms with van der Waals surface area (Å²) in [6, 6.07) is 0.434. The van der Waals surface area contributed by atoms with Crippen molar-refractivity contribution in [1.29, 1.82) is 0 Å². The van der Waals surface area contributed by atoms with Gasteiger partial charge in [0.05, 0.1) is 7.11 Å². The highest BCUT2D eigenvalue weighted by molar-refractivity contribution is 5.69. The Bertz CT molecular complexity index is 650. The average molecular weight is 376 g/mol. The minimum atomic E-state index is -0.579. The van der Waals surface area contributed by atoms with Gasteiger partial charge in [-0.25, -0.2) is 0 Å². The van der Waals surface area contributed by atoms with Crippen LogP contribution >= 0.6 is 0 Å². The van der Waals surface area contributed by atoms with E-state index in [1.54, 1.807) is 0 Å². The van der Waals surface area contributed by atoms with Gasteiger partial charge in [0.1, 0.15) is 5.72 Å². The van der Waals surface area contributed by atoms with Crippen LogP contribution in [0.5, 0.6) is 0 Å². The summed E-state index contributed by atoms with van der Waals surface area (Å²) >= 11 is 0. The van der Waals surface area contributed by atoms with E-state index in [0.717, 1.165) is 25.8 Å². The predicted molar refractivity (Wildman–Crippen MR) is 104 cm³/mol. The van der Waals surface area contributed by atoms with Crippen LogP contribution in [0.1, 0.15) is 72.1 Å². The molecule has 6 fully saturated rings. The van der Waals surface area contributed by atoms with Crippen LogP contribution < -0.4 is 0 Å². The Morgan fingerprint density at radius 1 is 1.26 bits per heavy atom. The van der Waals surface area contributed by atoms with Gasteiger partial charge in [0, 0.05) is 24.9 Å². The fourth-order valence-corrected chi connectivity index (χ4v) is 9.25. The average Bonchev–Trinajstić information content (AvgIpc) is 2.62. The first-order valence-corrected chi connectivity index (χ1v) is 11.4. The third-order valence-corrected chi connectivity index (χ3v) is 10.3. The predicted octanol–water partition coefficient (Wildman–Crippen LogP) is 3.82. The SMILES string of the molecule is COC(=O)CC[C@]12[C@@H]3[C@@H](C(C)C)CC[C@@]1(C)[C@H]1C[C@@H]4[C@@H]2CCC[C@]4(O)N3C1. The zero-order valence-electron chi connectivity index (χ0n) is 17.5. The highest BCUT2D eigenvalue weighted by Crippen LogP contribution is 2.78. The van der Waals surface area contributed by atoms with Crippen LogP contribution in [0.4, 0.5) is 0 Å². The maximum atomic E-state index is 12.2. The maximum Gasteiger partial charge on any atom is 0.305 e. The Morgan fingerprint density at radius 3 is 2.74 bits per heavy atom. The first-order valence-electron chi connectivity index (χ1n) is 11.4. The van der Waals surface area contributed by atoms with Gasteiger partial charge in [-0.2, -0.15) is 0 Å². The number of carbonyl (C=O) groups excluding carboxylic acids is 1. The van der Waals surface area contributed by atoms with Crippen LogP contribution in [0.3, 0.4) is 0 Å². The molecule has 3 heterocycles. The second kappa shape index (κ2) is 5.72. The second-order valence-corrected chi connectivity index (χ2v) is 11.0. The summed E-state index contributed by atoms with van der Waals surface area (Å²) in [6.07, 6.45) is 8.59. The first kappa shape index (κ1) is 18.4. The summed E-state index contributed by atoms with van der Waals surface area (Å²) in [5, 5.41) is 11.9. The van der Waals surface area contributed by atoms with E-state index in [-0.39, 0.29) is 11.4 Å². The van der Waals surface area contributed by atoms with Crippen molar-refractivity contribution in [2.24, 2.45) is 40.4 Å². The summed E-state index contributed by atoms with van der Waals surface area (Å²) in [6.45, 7) is 8.37. The molecule has 6 aliphatic rings. The molecule has 0 spiro atoms. The van der Waals surface area contributed by atoms with Gasteiger partial charge in [-0.05, 0) is 79.4 Å². The maximum absolute atomic E-state index is 12.2. The number of methoxy groups -OCH3 is 1. The lowest BCUT2D eigenvalue weighted by Gasteiger charge is -2.82. The number of carbonyl (C=O) groups is 1. The minimum absolute atomic E-state index is 0.0606. The normalized spacial score (nSPS) is 55.0. The third-order valence-electron chi connectivity index (χ3n) is 10.3. The third kappa shape index (κ3) is 2.00. The van der Waals surface area contributed by atoms with Gasteiger partial charge >= 0.3 is 5.97 Å². The van der Waals surface area contributed by atoms with Crippen LogP contribution in [0.2, 0.25) is 0 Å². The van der Waals surface area contributed by atoms with Crippen molar-refractivity contribution < 1.29 is 14.6 Å². The quantitative estimate of drug-likeness (QED) is 0.759. The minimum Gasteiger partial charge on any atom is -0.469 e. The summed E-state index contributed by atoms with van der Waals surface area (Å²) in [5.74, 6) is 2.86. The summed E-state index contributed by atoms with van der Waals surface area (Å²) in [5.41, 5.74) is -0.0923. The van der Waals surface area contributed by atoms with Crippen molar-refractivity contribution >= 4 is 5.97 Å². The Morgan fingerprint density at radius 2 is 2.04 bits per heavy atom. The lowest BCUT2D eigenvalue weighted by Crippen LogP contribution is -2.86. The Kier molecular flexibility index (Phi) is 3.90. The van der Waals surface area contributed by atoms with Crippen LogP contribution in [-0.4, -0.2) is 41.4 Å². The molecule has 9 atom stereocenters. The van der Waals surface area contributed by atoms with E-state index in [4.69, 9.17) is 4.74 Å². The zero-order valence-corrected chi connectivity index (χ0v) is 17.5. The van der Waals surface area contributed by atoms with E-state index >= 15 is 0 Å². The molecule has 27 heavy (non-hydrogen) atoms. The molecule has 4 heteroatoms. The van der Waals surface area contributed by atoms with Crippen molar-refractivity contribution in [2.45, 2.75) is 83.9 Å². The van der Waals surface area contributed by atoms with Crippen LogP contribution in [0, 0.1) is 40.4 Å². The molecule has 0 radical (unpaired) electrons. The monoisotopic (exact) mass is 375 g/mol.